The Morgan fingerprint density at radius 2 is 1.52 bits per heavy atom. The average molecular weight is 448 g/mol. The molecule has 0 fully saturated rings. The standard InChI is InChI=1S/C17H32N6O8/c1-8(25)13(23-14(27)9(19)7-24)16(29)21-10(4-2-3-5-18)15(28)22-11(17(30)31)6-12(20)26/h8-11,13,24-25H,2-7,18-19H2,1H3,(H2,20,26)(H,21,29)(H,22,28)(H,23,27)(H,30,31). The fourth-order valence-electron chi connectivity index (χ4n) is 2.45. The van der Waals surface area contributed by atoms with Crippen LogP contribution in [0.15, 0.2) is 0 Å². The topological polar surface area (TPSA) is 260 Å². The van der Waals surface area contributed by atoms with E-state index in [1.165, 1.54) is 6.92 Å². The van der Waals surface area contributed by atoms with Gasteiger partial charge in [0.1, 0.15) is 24.2 Å². The number of primary amides is 1. The van der Waals surface area contributed by atoms with Gasteiger partial charge in [-0.3, -0.25) is 19.2 Å². The van der Waals surface area contributed by atoms with Gasteiger partial charge in [0, 0.05) is 0 Å². The van der Waals surface area contributed by atoms with Crippen LogP contribution >= 0.6 is 0 Å². The molecule has 14 nitrogen and oxygen atoms in total. The van der Waals surface area contributed by atoms with Gasteiger partial charge < -0.3 is 48.5 Å². The molecule has 0 aromatic carbocycles. The number of unbranched alkanes of at least 4 members (excludes halogenated alkanes) is 1. The van der Waals surface area contributed by atoms with Crippen LogP contribution in [0.2, 0.25) is 0 Å². The van der Waals surface area contributed by atoms with E-state index >= 15 is 0 Å². The highest BCUT2D eigenvalue weighted by atomic mass is 16.4. The van der Waals surface area contributed by atoms with Crippen molar-refractivity contribution in [1.29, 1.82) is 0 Å². The number of aliphatic carboxylic acids is 1. The number of carbonyl (C=O) groups excluding carboxylic acids is 4. The number of carboxylic acids is 1. The summed E-state index contributed by atoms with van der Waals surface area (Å²) in [5.41, 5.74) is 15.8. The average Bonchev–Trinajstić information content (AvgIpc) is 2.68. The first-order valence-electron chi connectivity index (χ1n) is 9.61. The number of carbonyl (C=O) groups is 5. The first kappa shape index (κ1) is 28.2. The monoisotopic (exact) mass is 448 g/mol. The van der Waals surface area contributed by atoms with Crippen LogP contribution in [0, 0.1) is 0 Å². The van der Waals surface area contributed by atoms with Crippen LogP contribution in [0.5, 0.6) is 0 Å². The van der Waals surface area contributed by atoms with Crippen molar-refractivity contribution in [1.82, 2.24) is 16.0 Å². The molecule has 0 saturated heterocycles. The Labute approximate surface area is 178 Å². The predicted molar refractivity (Wildman–Crippen MR) is 107 cm³/mol. The number of nitrogens with two attached hydrogens (primary N) is 3. The molecule has 0 spiro atoms. The zero-order valence-corrected chi connectivity index (χ0v) is 17.2. The van der Waals surface area contributed by atoms with Gasteiger partial charge in [-0.25, -0.2) is 4.79 Å². The highest BCUT2D eigenvalue weighted by Gasteiger charge is 2.32. The van der Waals surface area contributed by atoms with Gasteiger partial charge in [-0.15, -0.1) is 0 Å². The molecule has 0 heterocycles. The summed E-state index contributed by atoms with van der Waals surface area (Å²) in [6.45, 7) is 0.833. The molecule has 0 aromatic rings. The summed E-state index contributed by atoms with van der Waals surface area (Å²) in [4.78, 5) is 59.3. The van der Waals surface area contributed by atoms with E-state index in [0.29, 0.717) is 19.4 Å². The summed E-state index contributed by atoms with van der Waals surface area (Å²) in [7, 11) is 0. The molecule has 4 amide bonds. The molecule has 0 bridgehead atoms. The van der Waals surface area contributed by atoms with Gasteiger partial charge in [-0.05, 0) is 32.7 Å². The van der Waals surface area contributed by atoms with Crippen molar-refractivity contribution in [3.05, 3.63) is 0 Å². The third-order valence-electron chi connectivity index (χ3n) is 4.20. The van der Waals surface area contributed by atoms with Crippen LogP contribution < -0.4 is 33.2 Å². The van der Waals surface area contributed by atoms with Crippen molar-refractivity contribution in [3.63, 3.8) is 0 Å². The molecule has 0 aliphatic rings. The van der Waals surface area contributed by atoms with Gasteiger partial charge >= 0.3 is 5.97 Å². The molecule has 5 unspecified atom stereocenters. The Morgan fingerprint density at radius 3 is 1.97 bits per heavy atom. The maximum absolute atomic E-state index is 12.6. The van der Waals surface area contributed by atoms with Crippen molar-refractivity contribution >= 4 is 29.6 Å². The second kappa shape index (κ2) is 14.2. The molecule has 178 valence electrons. The minimum absolute atomic E-state index is 0.0638. The number of carboxylic acid groups (broad SMARTS) is 1. The molecule has 12 N–H and O–H groups in total. The normalized spacial score (nSPS) is 15.6. The van der Waals surface area contributed by atoms with Crippen molar-refractivity contribution in [2.75, 3.05) is 13.2 Å². The Balaban J connectivity index is 5.42. The highest BCUT2D eigenvalue weighted by molar-refractivity contribution is 5.95. The second-order valence-electron chi connectivity index (χ2n) is 6.93. The maximum atomic E-state index is 12.6. The fourth-order valence-corrected chi connectivity index (χ4v) is 2.45. The molecule has 0 aliphatic heterocycles. The molecular weight excluding hydrogens is 416 g/mol. The number of hydrogen-bond acceptors (Lipinski definition) is 9. The second-order valence-corrected chi connectivity index (χ2v) is 6.93. The third-order valence-corrected chi connectivity index (χ3v) is 4.20. The van der Waals surface area contributed by atoms with Crippen molar-refractivity contribution in [3.8, 4) is 0 Å². The lowest BCUT2D eigenvalue weighted by Crippen LogP contribution is -2.60. The molecule has 14 heteroatoms. The van der Waals surface area contributed by atoms with Crippen molar-refractivity contribution < 1.29 is 39.3 Å². The smallest absolute Gasteiger partial charge is 0.326 e. The van der Waals surface area contributed by atoms with E-state index in [1.54, 1.807) is 0 Å². The number of amides is 4. The quantitative estimate of drug-likeness (QED) is 0.108. The van der Waals surface area contributed by atoms with Gasteiger partial charge in [0.05, 0.1) is 19.1 Å². The predicted octanol–water partition coefficient (Wildman–Crippen LogP) is -4.77. The van der Waals surface area contributed by atoms with Crippen LogP contribution in [0.25, 0.3) is 0 Å². The zero-order valence-electron chi connectivity index (χ0n) is 17.2. The summed E-state index contributed by atoms with van der Waals surface area (Å²) >= 11 is 0. The van der Waals surface area contributed by atoms with E-state index in [4.69, 9.17) is 27.4 Å². The lowest BCUT2D eigenvalue weighted by Gasteiger charge is -2.26. The lowest BCUT2D eigenvalue weighted by molar-refractivity contribution is -0.144. The minimum Gasteiger partial charge on any atom is -0.480 e. The fraction of sp³-hybridized carbons (Fsp3) is 0.706. The first-order valence-corrected chi connectivity index (χ1v) is 9.61. The lowest BCUT2D eigenvalue weighted by atomic mass is 10.1. The van der Waals surface area contributed by atoms with E-state index < -0.39 is 72.9 Å². The summed E-state index contributed by atoms with van der Waals surface area (Å²) in [5, 5.41) is 34.6. The van der Waals surface area contributed by atoms with Gasteiger partial charge in [-0.2, -0.15) is 0 Å². The van der Waals surface area contributed by atoms with Crippen LogP contribution in [-0.2, 0) is 24.0 Å². The Bertz CT molecular complexity index is 644. The van der Waals surface area contributed by atoms with Gasteiger partial charge in [0.2, 0.25) is 23.6 Å². The van der Waals surface area contributed by atoms with Crippen molar-refractivity contribution in [2.45, 2.75) is 62.9 Å². The van der Waals surface area contributed by atoms with E-state index in [2.05, 4.69) is 16.0 Å². The van der Waals surface area contributed by atoms with E-state index in [1.807, 2.05) is 0 Å². The van der Waals surface area contributed by atoms with E-state index in [0.717, 1.165) is 0 Å². The van der Waals surface area contributed by atoms with E-state index in [9.17, 15) is 29.1 Å². The van der Waals surface area contributed by atoms with Crippen LogP contribution in [-0.4, -0.2) is 88.3 Å². The number of rotatable bonds is 15. The first-order chi connectivity index (χ1) is 14.4. The van der Waals surface area contributed by atoms with Gasteiger partial charge in [0.15, 0.2) is 0 Å². The molecule has 0 aromatic heterocycles. The number of aliphatic hydroxyl groups is 2. The molecule has 31 heavy (non-hydrogen) atoms. The largest absolute Gasteiger partial charge is 0.480 e. The minimum atomic E-state index is -1.60. The Hall–Kier alpha value is -2.81. The highest BCUT2D eigenvalue weighted by Crippen LogP contribution is 2.05. The number of aliphatic hydroxyl groups excluding tert-OH is 2. The van der Waals surface area contributed by atoms with Crippen molar-refractivity contribution in [2.24, 2.45) is 17.2 Å². The third kappa shape index (κ3) is 10.7. The van der Waals surface area contributed by atoms with Crippen LogP contribution in [0.3, 0.4) is 0 Å². The van der Waals surface area contributed by atoms with Crippen LogP contribution in [0.1, 0.15) is 32.6 Å². The summed E-state index contributed by atoms with van der Waals surface area (Å²) in [6, 6.07) is -5.69. The molecule has 0 radical (unpaired) electrons. The van der Waals surface area contributed by atoms with Gasteiger partial charge in [-0.1, -0.05) is 0 Å². The summed E-state index contributed by atoms with van der Waals surface area (Å²) in [5.74, 6) is -5.19. The van der Waals surface area contributed by atoms with Crippen LogP contribution in [0.4, 0.5) is 0 Å². The zero-order chi connectivity index (χ0) is 24.1. The molecular formula is C17H32N6O8. The molecule has 0 rings (SSSR count). The Kier molecular flexibility index (Phi) is 12.9. The number of hydrogen-bond donors (Lipinski definition) is 9. The maximum Gasteiger partial charge on any atom is 0.326 e. The van der Waals surface area contributed by atoms with Gasteiger partial charge in [0.25, 0.3) is 0 Å². The molecule has 0 saturated carbocycles. The summed E-state index contributed by atoms with van der Waals surface area (Å²) < 4.78 is 0. The molecule has 0 aliphatic carbocycles. The summed E-state index contributed by atoms with van der Waals surface area (Å²) in [6.07, 6.45) is -1.08. The Morgan fingerprint density at radius 1 is 0.935 bits per heavy atom. The SMILES string of the molecule is CC(O)C(NC(=O)C(N)CO)C(=O)NC(CCCCN)C(=O)NC(CC(N)=O)C(=O)O. The molecule has 5 atom stereocenters. The number of nitrogens with one attached hydrogen (secondary N) is 3. The van der Waals surface area contributed by atoms with E-state index in [-0.39, 0.29) is 6.42 Å².